The van der Waals surface area contributed by atoms with E-state index in [0.29, 0.717) is 24.9 Å². The van der Waals surface area contributed by atoms with Crippen LogP contribution in [0.3, 0.4) is 0 Å². The molecule has 1 aliphatic carbocycles. The fourth-order valence-corrected chi connectivity index (χ4v) is 3.60. The second kappa shape index (κ2) is 7.07. The first-order valence-corrected chi connectivity index (χ1v) is 8.31. The topological polar surface area (TPSA) is 69.8 Å². The Morgan fingerprint density at radius 1 is 1.24 bits per heavy atom. The molecule has 1 aliphatic heterocycles. The van der Waals surface area contributed by atoms with E-state index < -0.39 is 5.60 Å². The minimum Gasteiger partial charge on any atom is -0.389 e. The Morgan fingerprint density at radius 2 is 1.90 bits per heavy atom. The van der Waals surface area contributed by atoms with Gasteiger partial charge in [-0.1, -0.05) is 6.42 Å². The number of β-amino-alcohol motifs (C(OH)–C–C–N with tert-alkyl or cyclic N) is 1. The van der Waals surface area contributed by atoms with Crippen molar-refractivity contribution in [3.05, 3.63) is 0 Å². The summed E-state index contributed by atoms with van der Waals surface area (Å²) < 4.78 is 0. The molecule has 1 saturated carbocycles. The van der Waals surface area contributed by atoms with E-state index in [1.165, 1.54) is 6.42 Å². The van der Waals surface area contributed by atoms with Gasteiger partial charge in [0.2, 0.25) is 5.91 Å². The summed E-state index contributed by atoms with van der Waals surface area (Å²) in [5, 5.41) is 9.85. The van der Waals surface area contributed by atoms with E-state index in [2.05, 4.69) is 4.90 Å². The number of amides is 1. The second-order valence-corrected chi connectivity index (χ2v) is 7.47. The van der Waals surface area contributed by atoms with Gasteiger partial charge in [0.1, 0.15) is 0 Å². The van der Waals surface area contributed by atoms with Gasteiger partial charge in [-0.25, -0.2) is 0 Å². The molecule has 5 heteroatoms. The van der Waals surface area contributed by atoms with E-state index in [1.807, 2.05) is 18.7 Å². The van der Waals surface area contributed by atoms with Gasteiger partial charge in [0.05, 0.1) is 5.60 Å². The molecule has 3 N–H and O–H groups in total. The van der Waals surface area contributed by atoms with Crippen LogP contribution in [-0.4, -0.2) is 65.2 Å². The summed E-state index contributed by atoms with van der Waals surface area (Å²) in [4.78, 5) is 16.6. The molecule has 0 aromatic rings. The normalized spacial score (nSPS) is 28.7. The van der Waals surface area contributed by atoms with Gasteiger partial charge < -0.3 is 15.7 Å². The predicted octanol–water partition coefficient (Wildman–Crippen LogP) is 0.809. The minimum atomic E-state index is -0.662. The van der Waals surface area contributed by atoms with Crippen molar-refractivity contribution in [3.63, 3.8) is 0 Å². The second-order valence-electron chi connectivity index (χ2n) is 7.47. The molecule has 2 rings (SSSR count). The summed E-state index contributed by atoms with van der Waals surface area (Å²) in [6.07, 6.45) is 5.10. The van der Waals surface area contributed by atoms with Crippen LogP contribution in [-0.2, 0) is 4.79 Å². The van der Waals surface area contributed by atoms with Crippen LogP contribution in [0.25, 0.3) is 0 Å². The number of piperazine rings is 1. The number of carbonyl (C=O) groups excluding carboxylic acids is 1. The van der Waals surface area contributed by atoms with Crippen molar-refractivity contribution in [1.82, 2.24) is 9.80 Å². The van der Waals surface area contributed by atoms with Crippen molar-refractivity contribution < 1.29 is 9.90 Å². The molecule has 1 heterocycles. The lowest BCUT2D eigenvalue weighted by Gasteiger charge is -2.38. The Balaban J connectivity index is 1.73. The average Bonchev–Trinajstić information content (AvgIpc) is 2.37. The first kappa shape index (κ1) is 16.7. The van der Waals surface area contributed by atoms with Gasteiger partial charge in [0, 0.05) is 45.2 Å². The molecule has 0 aromatic carbocycles. The fraction of sp³-hybridized carbons (Fsp3) is 0.938. The molecule has 122 valence electrons. The highest BCUT2D eigenvalue weighted by Crippen LogP contribution is 2.26. The van der Waals surface area contributed by atoms with Gasteiger partial charge in [-0.3, -0.25) is 9.69 Å². The smallest absolute Gasteiger partial charge is 0.222 e. The van der Waals surface area contributed by atoms with Crippen molar-refractivity contribution in [2.24, 2.45) is 11.7 Å². The number of hydrogen-bond donors (Lipinski definition) is 2. The van der Waals surface area contributed by atoms with Crippen molar-refractivity contribution in [2.75, 3.05) is 32.7 Å². The zero-order chi connectivity index (χ0) is 15.5. The molecule has 0 aromatic heterocycles. The van der Waals surface area contributed by atoms with Crippen molar-refractivity contribution in [3.8, 4) is 0 Å². The number of rotatable bonds is 4. The number of nitrogens with zero attached hydrogens (tertiary/aromatic N) is 2. The standard InChI is InChI=1S/C16H31N3O2/c1-16(2,21)12-18-6-8-19(9-7-18)15(20)11-13-4-3-5-14(17)10-13/h13-14,21H,3-12,17H2,1-2H3. The third-order valence-electron chi connectivity index (χ3n) is 4.62. The Morgan fingerprint density at radius 3 is 2.48 bits per heavy atom. The summed E-state index contributed by atoms with van der Waals surface area (Å²) in [5.41, 5.74) is 5.34. The van der Waals surface area contributed by atoms with Gasteiger partial charge in [-0.05, 0) is 39.0 Å². The highest BCUT2D eigenvalue weighted by atomic mass is 16.3. The highest BCUT2D eigenvalue weighted by Gasteiger charge is 2.27. The molecule has 2 atom stereocenters. The molecule has 0 radical (unpaired) electrons. The first-order valence-electron chi connectivity index (χ1n) is 8.31. The Hall–Kier alpha value is -0.650. The zero-order valence-electron chi connectivity index (χ0n) is 13.6. The first-order chi connectivity index (χ1) is 9.83. The van der Waals surface area contributed by atoms with Crippen LogP contribution in [0, 0.1) is 5.92 Å². The van der Waals surface area contributed by atoms with Gasteiger partial charge >= 0.3 is 0 Å². The van der Waals surface area contributed by atoms with E-state index in [0.717, 1.165) is 45.4 Å². The molecule has 2 aliphatic rings. The largest absolute Gasteiger partial charge is 0.389 e. The predicted molar refractivity (Wildman–Crippen MR) is 83.9 cm³/mol. The van der Waals surface area contributed by atoms with Crippen molar-refractivity contribution in [2.45, 2.75) is 57.6 Å². The molecule has 2 unspecified atom stereocenters. The van der Waals surface area contributed by atoms with Gasteiger partial charge in [0.25, 0.3) is 0 Å². The summed E-state index contributed by atoms with van der Waals surface area (Å²) in [6, 6.07) is 0.292. The maximum absolute atomic E-state index is 12.4. The lowest BCUT2D eigenvalue weighted by molar-refractivity contribution is -0.134. The van der Waals surface area contributed by atoms with E-state index in [1.54, 1.807) is 0 Å². The quantitative estimate of drug-likeness (QED) is 0.805. The Labute approximate surface area is 128 Å². The van der Waals surface area contributed by atoms with Gasteiger partial charge in [-0.2, -0.15) is 0 Å². The van der Waals surface area contributed by atoms with Crippen LogP contribution >= 0.6 is 0 Å². The number of carbonyl (C=O) groups is 1. The van der Waals surface area contributed by atoms with Crippen LogP contribution in [0.1, 0.15) is 46.0 Å². The van der Waals surface area contributed by atoms with Crippen LogP contribution in [0.2, 0.25) is 0 Å². The third kappa shape index (κ3) is 5.57. The minimum absolute atomic E-state index is 0.289. The zero-order valence-corrected chi connectivity index (χ0v) is 13.6. The van der Waals surface area contributed by atoms with E-state index in [9.17, 15) is 9.90 Å². The Bertz CT molecular complexity index is 346. The number of aliphatic hydroxyl groups is 1. The number of hydrogen-bond acceptors (Lipinski definition) is 4. The molecule has 0 bridgehead atoms. The van der Waals surface area contributed by atoms with E-state index in [-0.39, 0.29) is 5.91 Å². The van der Waals surface area contributed by atoms with Crippen molar-refractivity contribution >= 4 is 5.91 Å². The maximum Gasteiger partial charge on any atom is 0.222 e. The summed E-state index contributed by atoms with van der Waals surface area (Å²) in [5.74, 6) is 0.771. The SMILES string of the molecule is CC(C)(O)CN1CCN(C(=O)CC2CCCC(N)C2)CC1. The van der Waals surface area contributed by atoms with Gasteiger partial charge in [-0.15, -0.1) is 0 Å². The molecule has 1 saturated heterocycles. The molecule has 1 amide bonds. The number of nitrogens with two attached hydrogens (primary N) is 1. The third-order valence-corrected chi connectivity index (χ3v) is 4.62. The molecular weight excluding hydrogens is 266 g/mol. The van der Waals surface area contributed by atoms with E-state index in [4.69, 9.17) is 5.73 Å². The average molecular weight is 297 g/mol. The lowest BCUT2D eigenvalue weighted by atomic mass is 9.84. The molecule has 21 heavy (non-hydrogen) atoms. The summed E-state index contributed by atoms with van der Waals surface area (Å²) in [6.45, 7) is 7.63. The van der Waals surface area contributed by atoms with Crippen molar-refractivity contribution in [1.29, 1.82) is 0 Å². The lowest BCUT2D eigenvalue weighted by Crippen LogP contribution is -2.52. The molecular formula is C16H31N3O2. The van der Waals surface area contributed by atoms with Crippen LogP contribution in [0.5, 0.6) is 0 Å². The monoisotopic (exact) mass is 297 g/mol. The molecule has 0 spiro atoms. The Kier molecular flexibility index (Phi) is 5.63. The van der Waals surface area contributed by atoms with Crippen LogP contribution in [0.15, 0.2) is 0 Å². The van der Waals surface area contributed by atoms with E-state index >= 15 is 0 Å². The molecule has 5 nitrogen and oxygen atoms in total. The molecule has 2 fully saturated rings. The van der Waals surface area contributed by atoms with Gasteiger partial charge in [0.15, 0.2) is 0 Å². The summed E-state index contributed by atoms with van der Waals surface area (Å²) >= 11 is 0. The fourth-order valence-electron chi connectivity index (χ4n) is 3.60. The highest BCUT2D eigenvalue weighted by molar-refractivity contribution is 5.76. The van der Waals surface area contributed by atoms with Crippen LogP contribution < -0.4 is 5.73 Å². The maximum atomic E-state index is 12.4. The van der Waals surface area contributed by atoms with Crippen LogP contribution in [0.4, 0.5) is 0 Å². The summed E-state index contributed by atoms with van der Waals surface area (Å²) in [7, 11) is 0.